The van der Waals surface area contributed by atoms with Crippen LogP contribution in [-0.4, -0.2) is 36.9 Å². The lowest BCUT2D eigenvalue weighted by molar-refractivity contribution is -0.131. The number of hydrogen-bond acceptors (Lipinski definition) is 3. The molecule has 0 bridgehead atoms. The summed E-state index contributed by atoms with van der Waals surface area (Å²) in [5.41, 5.74) is 0.291. The molecule has 1 atom stereocenters. The summed E-state index contributed by atoms with van der Waals surface area (Å²) in [5.74, 6) is 0.0508. The third-order valence-electron chi connectivity index (χ3n) is 4.40. The third kappa shape index (κ3) is 3.80. The Morgan fingerprint density at radius 1 is 1.41 bits per heavy atom. The Bertz CT molecular complexity index is 512. The summed E-state index contributed by atoms with van der Waals surface area (Å²) in [6.45, 7) is 5.22. The van der Waals surface area contributed by atoms with Gasteiger partial charge in [-0.05, 0) is 36.5 Å². The van der Waals surface area contributed by atoms with Gasteiger partial charge in [0.2, 0.25) is 5.91 Å². The first-order chi connectivity index (χ1) is 10.5. The lowest BCUT2D eigenvalue weighted by Crippen LogP contribution is -2.50. The van der Waals surface area contributed by atoms with Gasteiger partial charge in [0.25, 0.3) is 0 Å². The Morgan fingerprint density at radius 2 is 2.09 bits per heavy atom. The second-order valence-electron chi connectivity index (χ2n) is 6.23. The Kier molecular flexibility index (Phi) is 5.84. The predicted octanol–water partition coefficient (Wildman–Crippen LogP) is 2.52. The van der Waals surface area contributed by atoms with Crippen LogP contribution >= 0.6 is 11.6 Å². The number of halogens is 1. The molecule has 1 aromatic rings. The summed E-state index contributed by atoms with van der Waals surface area (Å²) in [5, 5.41) is 13.4. The molecule has 22 heavy (non-hydrogen) atoms. The second-order valence-corrected chi connectivity index (χ2v) is 6.66. The van der Waals surface area contributed by atoms with Crippen LogP contribution in [0.5, 0.6) is 0 Å². The van der Waals surface area contributed by atoms with Crippen LogP contribution in [0.4, 0.5) is 0 Å². The van der Waals surface area contributed by atoms with Gasteiger partial charge in [-0.25, -0.2) is 0 Å². The number of amides is 1. The zero-order valence-electron chi connectivity index (χ0n) is 13.1. The number of carbonyl (C=O) groups excluding carboxylic acids is 1. The third-order valence-corrected chi connectivity index (χ3v) is 4.63. The molecule has 4 nitrogen and oxygen atoms in total. The fraction of sp³-hybridized carbons (Fsp3) is 0.588. The quantitative estimate of drug-likeness (QED) is 0.874. The van der Waals surface area contributed by atoms with Crippen molar-refractivity contribution in [1.29, 1.82) is 0 Å². The van der Waals surface area contributed by atoms with Crippen LogP contribution in [0.3, 0.4) is 0 Å². The molecule has 1 aromatic carbocycles. The van der Waals surface area contributed by atoms with Gasteiger partial charge in [-0.3, -0.25) is 4.79 Å². The van der Waals surface area contributed by atoms with Gasteiger partial charge >= 0.3 is 0 Å². The van der Waals surface area contributed by atoms with Gasteiger partial charge in [-0.2, -0.15) is 0 Å². The van der Waals surface area contributed by atoms with Crippen LogP contribution in [0.1, 0.15) is 32.3 Å². The number of rotatable bonds is 5. The molecule has 1 aliphatic heterocycles. The van der Waals surface area contributed by atoms with Crippen molar-refractivity contribution in [2.75, 3.05) is 19.8 Å². The molecule has 0 spiro atoms. The number of carbonyl (C=O) groups is 1. The molecule has 2 N–H and O–H groups in total. The van der Waals surface area contributed by atoms with Crippen molar-refractivity contribution in [3.05, 3.63) is 34.9 Å². The molecule has 0 aliphatic carbocycles. The van der Waals surface area contributed by atoms with Crippen LogP contribution in [0.2, 0.25) is 5.02 Å². The van der Waals surface area contributed by atoms with Crippen molar-refractivity contribution in [2.45, 2.75) is 38.2 Å². The van der Waals surface area contributed by atoms with E-state index in [0.29, 0.717) is 31.1 Å². The van der Waals surface area contributed by atoms with E-state index in [9.17, 15) is 9.90 Å². The summed E-state index contributed by atoms with van der Waals surface area (Å²) in [7, 11) is 0. The lowest BCUT2D eigenvalue weighted by Gasteiger charge is -2.36. The van der Waals surface area contributed by atoms with E-state index in [4.69, 9.17) is 16.3 Å². The van der Waals surface area contributed by atoms with Crippen molar-refractivity contribution in [3.8, 4) is 0 Å². The zero-order valence-corrected chi connectivity index (χ0v) is 13.9. The largest absolute Gasteiger partial charge is 0.391 e. The highest BCUT2D eigenvalue weighted by Crippen LogP contribution is 2.36. The Hall–Kier alpha value is -1.10. The van der Waals surface area contributed by atoms with Gasteiger partial charge in [-0.1, -0.05) is 37.6 Å². The molecule has 1 saturated heterocycles. The van der Waals surface area contributed by atoms with E-state index in [1.165, 1.54) is 0 Å². The van der Waals surface area contributed by atoms with Crippen LogP contribution in [0.25, 0.3) is 0 Å². The molecule has 0 radical (unpaired) electrons. The molecule has 2 rings (SSSR count). The van der Waals surface area contributed by atoms with Gasteiger partial charge in [0, 0.05) is 24.8 Å². The summed E-state index contributed by atoms with van der Waals surface area (Å²) in [6.07, 6.45) is 0.702. The summed E-state index contributed by atoms with van der Waals surface area (Å²) >= 11 is 6.10. The molecular formula is C17H24ClNO3. The number of benzene rings is 1. The van der Waals surface area contributed by atoms with Crippen molar-refractivity contribution in [3.63, 3.8) is 0 Å². The maximum absolute atomic E-state index is 12.8. The van der Waals surface area contributed by atoms with Gasteiger partial charge in [0.05, 0.1) is 11.5 Å². The van der Waals surface area contributed by atoms with Gasteiger partial charge in [0.1, 0.15) is 0 Å². The Labute approximate surface area is 136 Å². The first-order valence-corrected chi connectivity index (χ1v) is 8.13. The van der Waals surface area contributed by atoms with Gasteiger partial charge < -0.3 is 15.2 Å². The topological polar surface area (TPSA) is 58.6 Å². The molecule has 1 amide bonds. The molecule has 0 saturated carbocycles. The van der Waals surface area contributed by atoms with Crippen LogP contribution in [0, 0.1) is 5.92 Å². The highest BCUT2D eigenvalue weighted by atomic mass is 35.5. The van der Waals surface area contributed by atoms with Crippen molar-refractivity contribution in [2.24, 2.45) is 5.92 Å². The van der Waals surface area contributed by atoms with E-state index >= 15 is 0 Å². The van der Waals surface area contributed by atoms with Crippen LogP contribution in [0.15, 0.2) is 24.3 Å². The number of ether oxygens (including phenoxy) is 1. The first-order valence-electron chi connectivity index (χ1n) is 7.76. The van der Waals surface area contributed by atoms with Crippen molar-refractivity contribution < 1.29 is 14.6 Å². The zero-order chi connectivity index (χ0) is 16.2. The second kappa shape index (κ2) is 7.44. The average Bonchev–Trinajstić information content (AvgIpc) is 2.52. The molecule has 1 unspecified atom stereocenters. The fourth-order valence-electron chi connectivity index (χ4n) is 2.76. The molecule has 122 valence electrons. The van der Waals surface area contributed by atoms with Gasteiger partial charge in [0.15, 0.2) is 0 Å². The van der Waals surface area contributed by atoms with Crippen LogP contribution in [-0.2, 0) is 14.9 Å². The SMILES string of the molecule is CC(C)C(O)CNC(=O)C1(c2cccc(Cl)c2)CCOCC1. The summed E-state index contributed by atoms with van der Waals surface area (Å²) < 4.78 is 5.43. The Morgan fingerprint density at radius 3 is 2.68 bits per heavy atom. The molecule has 1 heterocycles. The maximum Gasteiger partial charge on any atom is 0.230 e. The fourth-order valence-corrected chi connectivity index (χ4v) is 2.95. The smallest absolute Gasteiger partial charge is 0.230 e. The monoisotopic (exact) mass is 325 g/mol. The highest BCUT2D eigenvalue weighted by molar-refractivity contribution is 6.30. The summed E-state index contributed by atoms with van der Waals surface area (Å²) in [4.78, 5) is 12.8. The normalized spacial score (nSPS) is 19.0. The minimum absolute atomic E-state index is 0.0576. The molecular weight excluding hydrogens is 302 g/mol. The van der Waals surface area contributed by atoms with E-state index in [0.717, 1.165) is 5.56 Å². The molecule has 5 heteroatoms. The standard InChI is InChI=1S/C17H24ClNO3/c1-12(2)15(20)11-19-16(21)17(6-8-22-9-7-17)13-4-3-5-14(18)10-13/h3-5,10,12,15,20H,6-9,11H2,1-2H3,(H,19,21). The van der Waals surface area contributed by atoms with Crippen molar-refractivity contribution >= 4 is 17.5 Å². The van der Waals surface area contributed by atoms with E-state index in [2.05, 4.69) is 5.32 Å². The number of nitrogens with one attached hydrogen (secondary N) is 1. The van der Waals surface area contributed by atoms with E-state index in [1.54, 1.807) is 6.07 Å². The maximum atomic E-state index is 12.8. The Balaban J connectivity index is 2.20. The molecule has 1 aliphatic rings. The van der Waals surface area contributed by atoms with E-state index < -0.39 is 11.5 Å². The number of hydrogen-bond donors (Lipinski definition) is 2. The predicted molar refractivity (Wildman–Crippen MR) is 87.0 cm³/mol. The number of aliphatic hydroxyl groups excluding tert-OH is 1. The van der Waals surface area contributed by atoms with E-state index in [1.807, 2.05) is 32.0 Å². The minimum Gasteiger partial charge on any atom is -0.391 e. The molecule has 0 aromatic heterocycles. The molecule has 1 fully saturated rings. The summed E-state index contributed by atoms with van der Waals surface area (Å²) in [6, 6.07) is 7.46. The van der Waals surface area contributed by atoms with Gasteiger partial charge in [-0.15, -0.1) is 0 Å². The lowest BCUT2D eigenvalue weighted by atomic mass is 9.73. The van der Waals surface area contributed by atoms with Crippen molar-refractivity contribution in [1.82, 2.24) is 5.32 Å². The van der Waals surface area contributed by atoms with Crippen LogP contribution < -0.4 is 5.32 Å². The minimum atomic E-state index is -0.625. The highest BCUT2D eigenvalue weighted by Gasteiger charge is 2.41. The first kappa shape index (κ1) is 17.3. The van der Waals surface area contributed by atoms with E-state index in [-0.39, 0.29) is 18.4 Å². The average molecular weight is 326 g/mol. The number of aliphatic hydroxyl groups is 1.